The second-order valence-electron chi connectivity index (χ2n) is 4.85. The predicted molar refractivity (Wildman–Crippen MR) is 84.6 cm³/mol. The molecule has 1 heterocycles. The molecular formula is C18H12ClF2N. The normalized spacial score (nSPS) is 10.7. The fourth-order valence-corrected chi connectivity index (χ4v) is 2.47. The van der Waals surface area contributed by atoms with E-state index in [0.29, 0.717) is 22.5 Å². The average molecular weight is 316 g/mol. The number of aromatic nitrogens is 1. The van der Waals surface area contributed by atoms with Crippen molar-refractivity contribution >= 4 is 11.6 Å². The molecule has 3 rings (SSSR count). The maximum absolute atomic E-state index is 13.5. The van der Waals surface area contributed by atoms with Crippen LogP contribution in [0.2, 0.25) is 0 Å². The van der Waals surface area contributed by atoms with Crippen LogP contribution in [0.25, 0.3) is 22.4 Å². The zero-order valence-electron chi connectivity index (χ0n) is 11.6. The first-order valence-corrected chi connectivity index (χ1v) is 7.28. The molecule has 0 bridgehead atoms. The molecule has 3 aromatic rings. The first-order chi connectivity index (χ1) is 10.7. The van der Waals surface area contributed by atoms with E-state index in [4.69, 9.17) is 11.6 Å². The van der Waals surface area contributed by atoms with Crippen molar-refractivity contribution in [1.82, 2.24) is 4.98 Å². The Labute approximate surface area is 132 Å². The first-order valence-electron chi connectivity index (χ1n) is 6.75. The molecular weight excluding hydrogens is 304 g/mol. The highest BCUT2D eigenvalue weighted by Gasteiger charge is 2.11. The summed E-state index contributed by atoms with van der Waals surface area (Å²) in [6.45, 7) is 0. The van der Waals surface area contributed by atoms with E-state index < -0.39 is 0 Å². The lowest BCUT2D eigenvalue weighted by atomic mass is 9.99. The Morgan fingerprint density at radius 2 is 1.45 bits per heavy atom. The molecule has 0 aliphatic heterocycles. The van der Waals surface area contributed by atoms with Crippen molar-refractivity contribution in [3.05, 3.63) is 78.0 Å². The van der Waals surface area contributed by atoms with Gasteiger partial charge in [0.1, 0.15) is 11.6 Å². The van der Waals surface area contributed by atoms with Gasteiger partial charge in [0.15, 0.2) is 0 Å². The number of alkyl halides is 1. The highest BCUT2D eigenvalue weighted by atomic mass is 35.5. The molecule has 110 valence electrons. The Bertz CT molecular complexity index is 818. The minimum absolute atomic E-state index is 0.256. The molecule has 0 saturated heterocycles. The van der Waals surface area contributed by atoms with Crippen LogP contribution in [-0.2, 0) is 5.88 Å². The van der Waals surface area contributed by atoms with Crippen molar-refractivity contribution in [2.75, 3.05) is 0 Å². The Morgan fingerprint density at radius 3 is 2.09 bits per heavy atom. The van der Waals surface area contributed by atoms with Crippen LogP contribution in [0.3, 0.4) is 0 Å². The Balaban J connectivity index is 2.22. The molecule has 2 aromatic carbocycles. The van der Waals surface area contributed by atoms with Gasteiger partial charge in [0.05, 0.1) is 17.3 Å². The summed E-state index contributed by atoms with van der Waals surface area (Å²) < 4.78 is 27.0. The van der Waals surface area contributed by atoms with Crippen LogP contribution in [-0.4, -0.2) is 4.98 Å². The Hall–Kier alpha value is -2.26. The van der Waals surface area contributed by atoms with Crippen LogP contribution in [0, 0.1) is 11.6 Å². The fraction of sp³-hybridized carbons (Fsp3) is 0.0556. The summed E-state index contributed by atoms with van der Waals surface area (Å²) in [4.78, 5) is 4.49. The number of hydrogen-bond donors (Lipinski definition) is 0. The summed E-state index contributed by atoms with van der Waals surface area (Å²) in [5, 5.41) is 0. The molecule has 0 atom stereocenters. The van der Waals surface area contributed by atoms with Crippen molar-refractivity contribution in [2.45, 2.75) is 5.88 Å². The molecule has 0 spiro atoms. The predicted octanol–water partition coefficient (Wildman–Crippen LogP) is 5.43. The lowest BCUT2D eigenvalue weighted by Crippen LogP contribution is -1.94. The van der Waals surface area contributed by atoms with Crippen LogP contribution < -0.4 is 0 Å². The first kappa shape index (κ1) is 14.7. The lowest BCUT2D eigenvalue weighted by Gasteiger charge is -2.11. The average Bonchev–Trinajstić information content (AvgIpc) is 2.54. The third-order valence-electron chi connectivity index (χ3n) is 3.32. The van der Waals surface area contributed by atoms with Gasteiger partial charge in [0, 0.05) is 11.1 Å². The minimum atomic E-state index is -0.347. The van der Waals surface area contributed by atoms with Gasteiger partial charge < -0.3 is 0 Å². The summed E-state index contributed by atoms with van der Waals surface area (Å²) in [5.41, 5.74) is 3.32. The summed E-state index contributed by atoms with van der Waals surface area (Å²) in [6, 6.07) is 16.0. The van der Waals surface area contributed by atoms with Gasteiger partial charge in [-0.2, -0.15) is 0 Å². The summed E-state index contributed by atoms with van der Waals surface area (Å²) >= 11 is 5.84. The number of halogens is 3. The molecule has 0 aliphatic carbocycles. The SMILES string of the molecule is Fc1cccc(-c2ccc(CCl)nc2-c2cccc(F)c2)c1. The van der Waals surface area contributed by atoms with E-state index in [2.05, 4.69) is 4.98 Å². The van der Waals surface area contributed by atoms with Crippen LogP contribution in [0.1, 0.15) is 5.69 Å². The monoisotopic (exact) mass is 315 g/mol. The van der Waals surface area contributed by atoms with E-state index in [0.717, 1.165) is 5.56 Å². The molecule has 0 radical (unpaired) electrons. The van der Waals surface area contributed by atoms with E-state index in [1.807, 2.05) is 6.07 Å². The number of rotatable bonds is 3. The van der Waals surface area contributed by atoms with E-state index in [1.165, 1.54) is 24.3 Å². The van der Waals surface area contributed by atoms with Crippen molar-refractivity contribution in [3.63, 3.8) is 0 Å². The quantitative estimate of drug-likeness (QED) is 0.587. The zero-order chi connectivity index (χ0) is 15.5. The standard InChI is InChI=1S/C18H12ClF2N/c19-11-16-7-8-17(12-3-1-5-14(20)9-12)18(22-16)13-4-2-6-15(21)10-13/h1-10H,11H2. The van der Waals surface area contributed by atoms with Crippen molar-refractivity contribution in [3.8, 4) is 22.4 Å². The number of pyridine rings is 1. The molecule has 0 amide bonds. The van der Waals surface area contributed by atoms with Gasteiger partial charge in [-0.25, -0.2) is 8.78 Å². The topological polar surface area (TPSA) is 12.9 Å². The van der Waals surface area contributed by atoms with Crippen molar-refractivity contribution in [2.24, 2.45) is 0 Å². The van der Waals surface area contributed by atoms with Crippen molar-refractivity contribution < 1.29 is 8.78 Å². The molecule has 0 aliphatic rings. The minimum Gasteiger partial charge on any atom is -0.251 e. The van der Waals surface area contributed by atoms with Gasteiger partial charge in [0.2, 0.25) is 0 Å². The molecule has 4 heteroatoms. The smallest absolute Gasteiger partial charge is 0.123 e. The van der Waals surface area contributed by atoms with Crippen LogP contribution in [0.4, 0.5) is 8.78 Å². The Morgan fingerprint density at radius 1 is 0.818 bits per heavy atom. The van der Waals surface area contributed by atoms with Gasteiger partial charge in [-0.3, -0.25) is 4.98 Å². The van der Waals surface area contributed by atoms with Gasteiger partial charge in [-0.05, 0) is 35.9 Å². The van der Waals surface area contributed by atoms with Crippen LogP contribution in [0.15, 0.2) is 60.7 Å². The number of hydrogen-bond acceptors (Lipinski definition) is 1. The maximum atomic E-state index is 13.5. The molecule has 0 saturated carbocycles. The van der Waals surface area contributed by atoms with E-state index >= 15 is 0 Å². The van der Waals surface area contributed by atoms with Crippen LogP contribution in [0.5, 0.6) is 0 Å². The van der Waals surface area contributed by atoms with Crippen LogP contribution >= 0.6 is 11.6 Å². The molecule has 22 heavy (non-hydrogen) atoms. The highest BCUT2D eigenvalue weighted by molar-refractivity contribution is 6.16. The number of benzene rings is 2. The van der Waals surface area contributed by atoms with E-state index in [9.17, 15) is 8.78 Å². The van der Waals surface area contributed by atoms with Gasteiger partial charge >= 0.3 is 0 Å². The van der Waals surface area contributed by atoms with Gasteiger partial charge in [-0.1, -0.05) is 30.3 Å². The molecule has 0 unspecified atom stereocenters. The lowest BCUT2D eigenvalue weighted by molar-refractivity contribution is 0.627. The second-order valence-corrected chi connectivity index (χ2v) is 5.12. The third-order valence-corrected chi connectivity index (χ3v) is 3.60. The Kier molecular flexibility index (Phi) is 4.16. The number of nitrogens with zero attached hydrogens (tertiary/aromatic N) is 1. The fourth-order valence-electron chi connectivity index (χ4n) is 2.32. The molecule has 0 fully saturated rings. The molecule has 0 N–H and O–H groups in total. The summed E-state index contributed by atoms with van der Waals surface area (Å²) in [5.74, 6) is -0.420. The highest BCUT2D eigenvalue weighted by Crippen LogP contribution is 2.31. The second kappa shape index (κ2) is 6.24. The van der Waals surface area contributed by atoms with Gasteiger partial charge in [0.25, 0.3) is 0 Å². The largest absolute Gasteiger partial charge is 0.251 e. The zero-order valence-corrected chi connectivity index (χ0v) is 12.3. The summed E-state index contributed by atoms with van der Waals surface area (Å²) in [6.07, 6.45) is 0. The van der Waals surface area contributed by atoms with E-state index in [-0.39, 0.29) is 17.5 Å². The molecule has 1 nitrogen and oxygen atoms in total. The summed E-state index contributed by atoms with van der Waals surface area (Å²) in [7, 11) is 0. The van der Waals surface area contributed by atoms with Gasteiger partial charge in [-0.15, -0.1) is 11.6 Å². The maximum Gasteiger partial charge on any atom is 0.123 e. The molecule has 1 aromatic heterocycles. The van der Waals surface area contributed by atoms with Crippen molar-refractivity contribution in [1.29, 1.82) is 0 Å². The van der Waals surface area contributed by atoms with E-state index in [1.54, 1.807) is 30.3 Å². The third kappa shape index (κ3) is 3.00.